The van der Waals surface area contributed by atoms with Crippen LogP contribution in [0.2, 0.25) is 0 Å². The molecule has 1 fully saturated rings. The number of hydrogen-bond donors (Lipinski definition) is 0. The average molecular weight is 411 g/mol. The maximum absolute atomic E-state index is 13.5. The van der Waals surface area contributed by atoms with Gasteiger partial charge in [0, 0.05) is 37.7 Å². The number of aromatic nitrogens is 3. The normalized spacial score (nSPS) is 21.4. The van der Waals surface area contributed by atoms with Crippen molar-refractivity contribution < 1.29 is 17.2 Å². The molecule has 0 aliphatic carbocycles. The second-order valence-electron chi connectivity index (χ2n) is 7.64. The highest BCUT2D eigenvalue weighted by atomic mass is 32.2. The number of rotatable bonds is 4. The summed E-state index contributed by atoms with van der Waals surface area (Å²) >= 11 is 0. The molecule has 1 aromatic heterocycles. The predicted molar refractivity (Wildman–Crippen MR) is 98.0 cm³/mol. The largest absolute Gasteiger partial charge is 0.312 e. The molecular weight excluding hydrogens is 388 g/mol. The Kier molecular flexibility index (Phi) is 4.96. The lowest BCUT2D eigenvalue weighted by molar-refractivity contribution is 0.270. The predicted octanol–water partition coefficient (Wildman–Crippen LogP) is 1.96. The fourth-order valence-corrected chi connectivity index (χ4v) is 5.39. The van der Waals surface area contributed by atoms with E-state index >= 15 is 0 Å². The van der Waals surface area contributed by atoms with E-state index in [0.717, 1.165) is 37.5 Å². The highest BCUT2D eigenvalue weighted by molar-refractivity contribution is 7.89. The van der Waals surface area contributed by atoms with E-state index in [2.05, 4.69) is 28.9 Å². The van der Waals surface area contributed by atoms with Crippen molar-refractivity contribution in [2.75, 3.05) is 19.6 Å². The molecule has 1 aromatic carbocycles. The van der Waals surface area contributed by atoms with Crippen molar-refractivity contribution in [2.24, 2.45) is 0 Å². The summed E-state index contributed by atoms with van der Waals surface area (Å²) in [5.41, 5.74) is 0. The molecule has 1 atom stereocenters. The van der Waals surface area contributed by atoms with E-state index in [1.165, 1.54) is 4.31 Å². The zero-order chi connectivity index (χ0) is 20.1. The smallest absolute Gasteiger partial charge is 0.243 e. The number of halogens is 2. The third-order valence-corrected chi connectivity index (χ3v) is 7.36. The van der Waals surface area contributed by atoms with Gasteiger partial charge < -0.3 is 9.47 Å². The molecule has 0 N–H and O–H groups in total. The van der Waals surface area contributed by atoms with Crippen LogP contribution in [0.15, 0.2) is 23.1 Å². The first-order chi connectivity index (χ1) is 13.3. The van der Waals surface area contributed by atoms with Gasteiger partial charge in [0.2, 0.25) is 10.0 Å². The minimum Gasteiger partial charge on any atom is -0.312 e. The van der Waals surface area contributed by atoms with Gasteiger partial charge in [0.15, 0.2) is 0 Å². The van der Waals surface area contributed by atoms with Crippen molar-refractivity contribution in [3.63, 3.8) is 0 Å². The summed E-state index contributed by atoms with van der Waals surface area (Å²) in [7, 11) is -4.02. The van der Waals surface area contributed by atoms with Gasteiger partial charge in [-0.3, -0.25) is 0 Å². The fraction of sp³-hybridized carbons (Fsp3) is 0.556. The number of fused-ring (bicyclic) bond motifs is 1. The summed E-state index contributed by atoms with van der Waals surface area (Å²) in [5.74, 6) is -0.102. The van der Waals surface area contributed by atoms with Crippen molar-refractivity contribution in [3.8, 4) is 0 Å². The maximum atomic E-state index is 13.5. The lowest BCUT2D eigenvalue weighted by Crippen LogP contribution is -2.39. The zero-order valence-electron chi connectivity index (χ0n) is 15.8. The summed E-state index contributed by atoms with van der Waals surface area (Å²) in [6.45, 7) is 6.93. The van der Waals surface area contributed by atoms with E-state index in [9.17, 15) is 17.2 Å². The maximum Gasteiger partial charge on any atom is 0.243 e. The molecule has 0 spiro atoms. The van der Waals surface area contributed by atoms with Crippen LogP contribution < -0.4 is 0 Å². The minimum atomic E-state index is -4.02. The van der Waals surface area contributed by atoms with E-state index < -0.39 is 21.7 Å². The molecule has 4 rings (SSSR count). The van der Waals surface area contributed by atoms with Crippen LogP contribution in [0.5, 0.6) is 0 Å². The summed E-state index contributed by atoms with van der Waals surface area (Å²) in [6, 6.07) is 2.80. The van der Waals surface area contributed by atoms with Crippen LogP contribution in [-0.4, -0.2) is 58.1 Å². The van der Waals surface area contributed by atoms with E-state index in [1.54, 1.807) is 0 Å². The monoisotopic (exact) mass is 411 g/mol. The Morgan fingerprint density at radius 1 is 1.07 bits per heavy atom. The number of benzene rings is 1. The molecule has 7 nitrogen and oxygen atoms in total. The molecule has 0 saturated carbocycles. The molecular formula is C18H23F2N5O2S. The molecule has 2 aliphatic heterocycles. The lowest BCUT2D eigenvalue weighted by atomic mass is 10.1. The third-order valence-electron chi connectivity index (χ3n) is 5.54. The van der Waals surface area contributed by atoms with Crippen molar-refractivity contribution in [3.05, 3.63) is 41.5 Å². The van der Waals surface area contributed by atoms with Gasteiger partial charge in [0.25, 0.3) is 0 Å². The Hall–Kier alpha value is -1.91. The van der Waals surface area contributed by atoms with Crippen molar-refractivity contribution in [1.29, 1.82) is 0 Å². The van der Waals surface area contributed by atoms with Gasteiger partial charge in [-0.2, -0.15) is 4.31 Å². The first-order valence-electron chi connectivity index (χ1n) is 9.38. The van der Waals surface area contributed by atoms with Crippen LogP contribution >= 0.6 is 0 Å². The summed E-state index contributed by atoms with van der Waals surface area (Å²) in [6.07, 6.45) is 1.00. The van der Waals surface area contributed by atoms with Crippen molar-refractivity contribution in [2.45, 2.75) is 50.2 Å². The Balaban J connectivity index is 1.56. The van der Waals surface area contributed by atoms with E-state index in [1.807, 2.05) is 4.57 Å². The van der Waals surface area contributed by atoms with Gasteiger partial charge in [-0.15, -0.1) is 10.2 Å². The molecule has 1 unspecified atom stereocenters. The van der Waals surface area contributed by atoms with Gasteiger partial charge in [-0.05, 0) is 38.9 Å². The van der Waals surface area contributed by atoms with E-state index in [4.69, 9.17) is 0 Å². The summed E-state index contributed by atoms with van der Waals surface area (Å²) < 4.78 is 55.8. The summed E-state index contributed by atoms with van der Waals surface area (Å²) in [4.78, 5) is 2.01. The Morgan fingerprint density at radius 3 is 2.43 bits per heavy atom. The highest BCUT2D eigenvalue weighted by Gasteiger charge is 2.35. The lowest BCUT2D eigenvalue weighted by Gasteiger charge is -2.28. The quantitative estimate of drug-likeness (QED) is 0.769. The molecule has 0 amide bonds. The zero-order valence-corrected chi connectivity index (χ0v) is 16.7. The molecule has 2 aliphatic rings. The molecule has 3 heterocycles. The number of hydrogen-bond acceptors (Lipinski definition) is 5. The summed E-state index contributed by atoms with van der Waals surface area (Å²) in [5, 5.41) is 8.54. The first kappa shape index (κ1) is 19.4. The molecule has 10 heteroatoms. The number of likely N-dealkylation sites (tertiary alicyclic amines) is 1. The highest BCUT2D eigenvalue weighted by Crippen LogP contribution is 2.30. The molecule has 28 heavy (non-hydrogen) atoms. The van der Waals surface area contributed by atoms with Gasteiger partial charge in [-0.1, -0.05) is 0 Å². The second kappa shape index (κ2) is 7.16. The van der Waals surface area contributed by atoms with Crippen molar-refractivity contribution in [1.82, 2.24) is 24.0 Å². The second-order valence-corrected chi connectivity index (χ2v) is 9.58. The molecule has 2 aromatic rings. The van der Waals surface area contributed by atoms with Crippen LogP contribution in [0.3, 0.4) is 0 Å². The van der Waals surface area contributed by atoms with Crippen LogP contribution in [0.1, 0.15) is 37.8 Å². The Bertz CT molecular complexity index is 972. The standard InChI is InChI=1S/C18H23F2N5O2S/c1-12(2)23-4-3-13(10-23)18-22-21-17-11-24(5-6-25(17)18)28(26,27)16-8-14(19)7-15(20)9-16/h7-9,12-13H,3-6,10-11H2,1-2H3. The van der Waals surface area contributed by atoms with Crippen LogP contribution in [0.4, 0.5) is 8.78 Å². The van der Waals surface area contributed by atoms with E-state index in [0.29, 0.717) is 24.5 Å². The molecule has 152 valence electrons. The fourth-order valence-electron chi connectivity index (χ4n) is 3.96. The average Bonchev–Trinajstić information content (AvgIpc) is 3.27. The Morgan fingerprint density at radius 2 is 1.79 bits per heavy atom. The molecule has 1 saturated heterocycles. The SMILES string of the molecule is CC(C)N1CCC(c2nnc3n2CCN(S(=O)(=O)c2cc(F)cc(F)c2)C3)C1. The third kappa shape index (κ3) is 3.44. The molecule has 0 bridgehead atoms. The van der Waals surface area contributed by atoms with Crippen LogP contribution in [0, 0.1) is 11.6 Å². The van der Waals surface area contributed by atoms with Crippen molar-refractivity contribution >= 4 is 10.0 Å². The molecule has 0 radical (unpaired) electrons. The van der Waals surface area contributed by atoms with Crippen LogP contribution in [0.25, 0.3) is 0 Å². The number of sulfonamides is 1. The van der Waals surface area contributed by atoms with E-state index in [-0.39, 0.29) is 23.9 Å². The van der Waals surface area contributed by atoms with Gasteiger partial charge in [0.1, 0.15) is 23.3 Å². The van der Waals surface area contributed by atoms with Gasteiger partial charge in [-0.25, -0.2) is 17.2 Å². The first-order valence-corrected chi connectivity index (χ1v) is 10.8. The van der Waals surface area contributed by atoms with Gasteiger partial charge in [0.05, 0.1) is 11.4 Å². The number of nitrogens with zero attached hydrogens (tertiary/aromatic N) is 5. The topological polar surface area (TPSA) is 71.3 Å². The van der Waals surface area contributed by atoms with Gasteiger partial charge >= 0.3 is 0 Å². The van der Waals surface area contributed by atoms with Crippen LogP contribution in [-0.2, 0) is 23.1 Å². The minimum absolute atomic E-state index is 0.0358. The Labute approximate surface area is 163 Å².